The Labute approximate surface area is 74.6 Å². The molecule has 0 saturated carbocycles. The van der Waals surface area contributed by atoms with Crippen molar-refractivity contribution in [2.75, 3.05) is 0 Å². The molecule has 3 unspecified atom stereocenters. The van der Waals surface area contributed by atoms with E-state index in [-0.39, 0.29) is 41.6 Å². The molecule has 0 fully saturated rings. The van der Waals surface area contributed by atoms with E-state index in [1.807, 2.05) is 0 Å². The summed E-state index contributed by atoms with van der Waals surface area (Å²) in [7, 11) is 2.77. The van der Waals surface area contributed by atoms with Crippen molar-refractivity contribution in [2.24, 2.45) is 0 Å². The van der Waals surface area contributed by atoms with Gasteiger partial charge in [0.05, 0.1) is 1.28 Å². The first-order valence-corrected chi connectivity index (χ1v) is 4.24. The Hall–Kier alpha value is 1.81. The van der Waals surface area contributed by atoms with E-state index in [9.17, 15) is 0 Å². The minimum Gasteiger partial charge on any atom is -0.153 e. The standard InChI is InChI=1S/2CH4.H4P2.HPS.H3P.3H2/c;;2*1-2;;;;/h2*1H4;1-2H2;1H;1H3;3*1H/i;;2*1T;;3*1+2T. The zero-order chi connectivity index (χ0) is 11.4. The van der Waals surface area contributed by atoms with Crippen LogP contribution in [-0.4, -0.2) is 2.56 Å². The van der Waals surface area contributed by atoms with E-state index in [0.717, 1.165) is 0 Å². The van der Waals surface area contributed by atoms with Gasteiger partial charge < -0.3 is 0 Å². The zero-order valence-electron chi connectivity index (χ0n) is 10.6. The fraction of sp³-hybridized carbons (Fsp3) is 1.00. The molecule has 56 valence electrons. The largest absolute Gasteiger partial charge is 0.153 e. The van der Waals surface area contributed by atoms with Gasteiger partial charge in [-0.15, -0.1) is 17.8 Å². The van der Waals surface area contributed by atoms with Gasteiger partial charge in [0, 0.05) is 8.91 Å². The van der Waals surface area contributed by atoms with Crippen molar-refractivity contribution in [1.82, 2.24) is 0 Å². The van der Waals surface area contributed by atoms with E-state index in [1.165, 1.54) is 0 Å². The van der Waals surface area contributed by atoms with Crippen molar-refractivity contribution >= 4 is 47.5 Å². The van der Waals surface area contributed by atoms with Crippen LogP contribution in [0.1, 0.15) is 23.8 Å². The molecule has 0 aromatic heterocycles. The van der Waals surface area contributed by atoms with Crippen molar-refractivity contribution in [3.8, 4) is 0 Å². The maximum absolute atomic E-state index is 6.20. The third kappa shape index (κ3) is 80.5. The number of hydrogen-bond acceptors (Lipinski definition) is 1. The van der Waals surface area contributed by atoms with E-state index >= 15 is 0 Å². The van der Waals surface area contributed by atoms with E-state index in [1.54, 1.807) is 0 Å². The van der Waals surface area contributed by atoms with Gasteiger partial charge in [0.15, 0.2) is 0 Å². The first kappa shape index (κ1) is 6.92. The van der Waals surface area contributed by atoms with Crippen LogP contribution in [0.5, 0.6) is 0 Å². The molecule has 0 aliphatic carbocycles. The van der Waals surface area contributed by atoms with E-state index in [4.69, 9.17) is 11.5 Å². The number of rotatable bonds is 0. The van der Waals surface area contributed by atoms with Gasteiger partial charge in [0.25, 0.3) is 0 Å². The molecule has 0 aromatic rings. The van der Waals surface area contributed by atoms with E-state index in [0.29, 0.717) is 0 Å². The quantitative estimate of drug-likeness (QED) is 0.562. The summed E-state index contributed by atoms with van der Waals surface area (Å²) in [6.07, 6.45) is 0. The zero-order valence-corrected chi connectivity index (χ0v) is 7.92. The second-order valence-electron chi connectivity index (χ2n) is 0. The summed E-state index contributed by atoms with van der Waals surface area (Å²) < 4.78 is 42.2. The van der Waals surface area contributed by atoms with Crippen molar-refractivity contribution in [3.05, 3.63) is 0 Å². The summed E-state index contributed by atoms with van der Waals surface area (Å²) in [4.78, 5) is 0. The maximum Gasteiger partial charge on any atom is 0.105 e. The van der Waals surface area contributed by atoms with Gasteiger partial charge in [0.1, 0.15) is 1.28 Å². The average Bonchev–Trinajstić information content (AvgIpc) is 2.16. The molecule has 0 bridgehead atoms. The van der Waals surface area contributed by atoms with Gasteiger partial charge in [-0.1, -0.05) is 26.7 Å². The van der Waals surface area contributed by atoms with E-state index < -0.39 is 0 Å². The minimum atomic E-state index is 0. The highest BCUT2D eigenvalue weighted by Gasteiger charge is 0.882. The molecule has 0 N–H and O–H groups in total. The summed E-state index contributed by atoms with van der Waals surface area (Å²) >= 11 is 4.03. The topological polar surface area (TPSA) is 0 Å². The molecule has 0 rings (SSSR count). The lowest BCUT2D eigenvalue weighted by Gasteiger charge is -1.12. The summed E-state index contributed by atoms with van der Waals surface area (Å²) in [6, 6.07) is 0. The Bertz CT molecular complexity index is 38.6. The lowest BCUT2D eigenvalue weighted by atomic mass is 12.0. The lowest BCUT2D eigenvalue weighted by molar-refractivity contribution is 2.50. The maximum atomic E-state index is 6.20. The predicted octanol–water partition coefficient (Wildman–Crippen LogP) is 3.31. The highest BCUT2D eigenvalue weighted by molar-refractivity contribution is 7.92. The first-order valence-electron chi connectivity index (χ1n) is 4.42. The molecule has 7 heavy (non-hydrogen) atoms. The van der Waals surface area contributed by atoms with E-state index in [2.05, 4.69) is 20.7 Å². The van der Waals surface area contributed by atoms with Crippen LogP contribution in [0.4, 0.5) is 0 Å². The third-order valence-electron chi connectivity index (χ3n) is 0. The fourth-order valence-electron chi connectivity index (χ4n) is 0. The molecule has 0 amide bonds. The van der Waals surface area contributed by atoms with Crippen LogP contribution in [0.2, 0.25) is 0 Å². The van der Waals surface area contributed by atoms with Crippen LogP contribution in [0.3, 0.4) is 0 Å². The first-order chi connectivity index (χ1) is 5.83. The summed E-state index contributed by atoms with van der Waals surface area (Å²) in [5.74, 6) is 0. The van der Waals surface area contributed by atoms with Crippen molar-refractivity contribution in [3.63, 3.8) is 0 Å². The highest BCUT2D eigenvalue weighted by Crippen LogP contribution is 1.86. The highest BCUT2D eigenvalue weighted by atomic mass is 32.4. The van der Waals surface area contributed by atoms with Gasteiger partial charge in [-0.3, -0.25) is 0 Å². The Morgan fingerprint density at radius 2 is 2.00 bits per heavy atom. The summed E-state index contributed by atoms with van der Waals surface area (Å²) in [5.41, 5.74) is 0. The molecule has 0 saturated heterocycles. The van der Waals surface area contributed by atoms with Gasteiger partial charge in [-0.2, -0.15) is 9.90 Å². The van der Waals surface area contributed by atoms with Crippen LogP contribution in [0, 0.1) is 0 Å². The Kier molecular flexibility index (Phi) is 109. The molecular weight excluding hydrogens is 180 g/mol. The van der Waals surface area contributed by atoms with Gasteiger partial charge in [-0.25, -0.2) is 0 Å². The summed E-state index contributed by atoms with van der Waals surface area (Å²) in [6.45, 7) is 0. The number of hydrogen-bond donors (Lipinski definition) is 0. The average molecular weight is 218 g/mol. The molecule has 0 aromatic carbocycles. The van der Waals surface area contributed by atoms with Crippen molar-refractivity contribution < 1.29 is 8.91 Å². The molecule has 0 nitrogen and oxygen atoms in total. The van der Waals surface area contributed by atoms with Crippen LogP contribution in [0.15, 0.2) is 0 Å². The van der Waals surface area contributed by atoms with Crippen LogP contribution in [0.25, 0.3) is 0 Å². The van der Waals surface area contributed by atoms with Crippen molar-refractivity contribution in [1.29, 1.82) is 2.56 Å². The molecule has 0 aliphatic rings. The second kappa shape index (κ2) is 111. The molecule has 0 heterocycles. The third-order valence-corrected chi connectivity index (χ3v) is 0. The second-order valence-corrected chi connectivity index (χ2v) is 0. The Morgan fingerprint density at radius 3 is 2.00 bits per heavy atom. The summed E-state index contributed by atoms with van der Waals surface area (Å²) in [5, 5.41) is 0. The molecule has 0 radical (unpaired) electrons. The minimum absolute atomic E-state index is 0. The lowest BCUT2D eigenvalue weighted by Crippen LogP contribution is -0.399. The van der Waals surface area contributed by atoms with Crippen molar-refractivity contribution in [2.45, 2.75) is 14.9 Å². The molecule has 3 atom stereocenters. The van der Waals surface area contributed by atoms with Gasteiger partial charge in [-0.05, 0) is 7.96 Å². The molecule has 0 spiro atoms. The van der Waals surface area contributed by atoms with Crippen LogP contribution >= 0.6 is 35.7 Å². The van der Waals surface area contributed by atoms with Gasteiger partial charge in [0.2, 0.25) is 0 Å². The fourth-order valence-corrected chi connectivity index (χ4v) is 0. The monoisotopic (exact) mass is 218 g/mol. The SMILES string of the molecule is C.C.P.[3H]P=S.[3H]PP.[3H][3H].[3H][3H].[3H][3H]. The molecule has 0 aliphatic heterocycles. The molecule has 5 heteroatoms. The van der Waals surface area contributed by atoms with Crippen LogP contribution in [-0.2, 0) is 11.8 Å². The van der Waals surface area contributed by atoms with Gasteiger partial charge >= 0.3 is 0 Å². The Morgan fingerprint density at radius 1 is 2.00 bits per heavy atom. The molecular formula is C2H22P4S. The predicted molar refractivity (Wildman–Crippen MR) is 66.0 cm³/mol. The Balaban J connectivity index is -0.00000000658. The smallest absolute Gasteiger partial charge is 0.105 e. The van der Waals surface area contributed by atoms with Crippen LogP contribution < -0.4 is 0 Å². The normalized spacial score (nSPS) is 11.0.